The van der Waals surface area contributed by atoms with Gasteiger partial charge in [0.05, 0.1) is 32.4 Å². The summed E-state index contributed by atoms with van der Waals surface area (Å²) in [4.78, 5) is 33.3. The number of alkyl carbamates (subject to hydrolysis) is 1. The number of aliphatic hydroxyl groups excluding tert-OH is 1. The highest BCUT2D eigenvalue weighted by Crippen LogP contribution is 2.46. The minimum Gasteiger partial charge on any atom is -0.497 e. The Morgan fingerprint density at radius 2 is 1.87 bits per heavy atom. The molecule has 11 heteroatoms. The van der Waals surface area contributed by atoms with E-state index < -0.39 is 17.7 Å². The molecule has 1 aliphatic carbocycles. The molecule has 1 amide bonds. The fraction of sp³-hybridized carbons (Fsp3) is 0.528. The Labute approximate surface area is 276 Å². The molecule has 2 heterocycles. The number of esters is 1. The highest BCUT2D eigenvalue weighted by molar-refractivity contribution is 6.02. The Hall–Kier alpha value is -4.25. The van der Waals surface area contributed by atoms with Crippen LogP contribution in [0.15, 0.2) is 36.4 Å². The number of pyridine rings is 1. The first-order valence-electron chi connectivity index (χ1n) is 16.4. The lowest BCUT2D eigenvalue weighted by Crippen LogP contribution is -2.40. The fourth-order valence-corrected chi connectivity index (χ4v) is 6.17. The van der Waals surface area contributed by atoms with Gasteiger partial charge in [-0.2, -0.15) is 0 Å². The van der Waals surface area contributed by atoms with Gasteiger partial charge in [0.25, 0.3) is 0 Å². The highest BCUT2D eigenvalue weighted by Gasteiger charge is 2.36. The molecule has 2 aromatic carbocycles. The molecule has 2 aliphatic rings. The summed E-state index contributed by atoms with van der Waals surface area (Å²) in [5, 5.41) is 13.4. The summed E-state index contributed by atoms with van der Waals surface area (Å²) in [5.41, 5.74) is 2.33. The zero-order valence-corrected chi connectivity index (χ0v) is 28.3. The number of fused-ring (bicyclic) bond motifs is 1. The maximum atomic E-state index is 13.3. The maximum absolute atomic E-state index is 13.3. The molecular weight excluding hydrogens is 602 g/mol. The van der Waals surface area contributed by atoms with Crippen molar-refractivity contribution in [2.45, 2.75) is 90.0 Å². The van der Waals surface area contributed by atoms with E-state index in [4.69, 9.17) is 28.7 Å². The average molecular weight is 650 g/mol. The van der Waals surface area contributed by atoms with Crippen LogP contribution in [0.2, 0.25) is 0 Å². The fourth-order valence-electron chi connectivity index (χ4n) is 6.17. The van der Waals surface area contributed by atoms with E-state index in [1.807, 2.05) is 51.1 Å². The third-order valence-electron chi connectivity index (χ3n) is 8.45. The Kier molecular flexibility index (Phi) is 10.6. The van der Waals surface area contributed by atoms with Crippen molar-refractivity contribution in [3.8, 4) is 17.2 Å². The van der Waals surface area contributed by atoms with Gasteiger partial charge in [-0.05, 0) is 102 Å². The first-order valence-corrected chi connectivity index (χ1v) is 16.4. The van der Waals surface area contributed by atoms with Gasteiger partial charge >= 0.3 is 12.1 Å². The Morgan fingerprint density at radius 3 is 2.53 bits per heavy atom. The van der Waals surface area contributed by atoms with Gasteiger partial charge in [-0.25, -0.2) is 14.6 Å². The summed E-state index contributed by atoms with van der Waals surface area (Å²) >= 11 is 0. The summed E-state index contributed by atoms with van der Waals surface area (Å²) in [6.07, 6.45) is 3.66. The summed E-state index contributed by atoms with van der Waals surface area (Å²) in [6, 6.07) is 11.2. The molecule has 2 unspecified atom stereocenters. The summed E-state index contributed by atoms with van der Waals surface area (Å²) in [5.74, 6) is 2.28. The number of aliphatic hydroxyl groups is 1. The van der Waals surface area contributed by atoms with Crippen LogP contribution in [-0.2, 0) is 16.1 Å². The van der Waals surface area contributed by atoms with Gasteiger partial charge in [-0.3, -0.25) is 0 Å². The minimum atomic E-state index is -0.599. The highest BCUT2D eigenvalue weighted by atomic mass is 16.6. The Bertz CT molecular complexity index is 1580. The van der Waals surface area contributed by atoms with E-state index in [1.54, 1.807) is 27.2 Å². The van der Waals surface area contributed by atoms with Gasteiger partial charge in [0, 0.05) is 36.2 Å². The number of rotatable bonds is 13. The molecule has 0 radical (unpaired) electrons. The Morgan fingerprint density at radius 1 is 1.09 bits per heavy atom. The van der Waals surface area contributed by atoms with Crippen LogP contribution in [-0.4, -0.2) is 73.8 Å². The van der Waals surface area contributed by atoms with Gasteiger partial charge in [0.2, 0.25) is 0 Å². The molecule has 2 atom stereocenters. The van der Waals surface area contributed by atoms with Gasteiger partial charge in [-0.15, -0.1) is 0 Å². The largest absolute Gasteiger partial charge is 0.497 e. The normalized spacial score (nSPS) is 17.8. The number of hydrogen-bond donors (Lipinski definition) is 2. The first-order chi connectivity index (χ1) is 22.5. The lowest BCUT2D eigenvalue weighted by molar-refractivity contribution is 0.0502. The van der Waals surface area contributed by atoms with Crippen LogP contribution in [0.1, 0.15) is 87.2 Å². The third-order valence-corrected chi connectivity index (χ3v) is 8.45. The molecule has 1 aliphatic heterocycles. The molecule has 47 heavy (non-hydrogen) atoms. The second-order valence-electron chi connectivity index (χ2n) is 13.1. The first kappa shape index (κ1) is 34.1. The van der Waals surface area contributed by atoms with E-state index in [9.17, 15) is 14.7 Å². The van der Waals surface area contributed by atoms with Crippen LogP contribution in [0.3, 0.4) is 0 Å². The maximum Gasteiger partial charge on any atom is 0.407 e. The van der Waals surface area contributed by atoms with Gasteiger partial charge in [-0.1, -0.05) is 0 Å². The molecule has 1 saturated heterocycles. The van der Waals surface area contributed by atoms with E-state index in [0.717, 1.165) is 47.1 Å². The number of nitrogens with zero attached hydrogens (tertiary/aromatic N) is 2. The third kappa shape index (κ3) is 8.19. The molecule has 11 nitrogen and oxygen atoms in total. The van der Waals surface area contributed by atoms with Crippen molar-refractivity contribution in [3.63, 3.8) is 0 Å². The van der Waals surface area contributed by atoms with Crippen LogP contribution in [0.4, 0.5) is 10.6 Å². The van der Waals surface area contributed by atoms with Crippen molar-refractivity contribution >= 4 is 28.8 Å². The van der Waals surface area contributed by atoms with Crippen LogP contribution in [0, 0.1) is 0 Å². The molecule has 1 aromatic heterocycles. The number of nitrogens with one attached hydrogen (secondary N) is 1. The minimum absolute atomic E-state index is 0.0634. The number of amides is 1. The van der Waals surface area contributed by atoms with E-state index in [0.29, 0.717) is 42.2 Å². The monoisotopic (exact) mass is 649 g/mol. The van der Waals surface area contributed by atoms with Gasteiger partial charge < -0.3 is 39.0 Å². The second-order valence-corrected chi connectivity index (χ2v) is 13.1. The molecule has 2 fully saturated rings. The molecule has 2 N–H and O–H groups in total. The van der Waals surface area contributed by atoms with Gasteiger partial charge in [0.1, 0.15) is 40.8 Å². The number of hydrogen-bond acceptors (Lipinski definition) is 10. The van der Waals surface area contributed by atoms with Crippen molar-refractivity contribution in [1.29, 1.82) is 0 Å². The molecule has 0 spiro atoms. The number of carbonyl (C=O) groups is 2. The number of carbonyl (C=O) groups excluding carboxylic acids is 2. The SMILES string of the molecule is CCOC(=O)c1cc(C2CC2)c2nc(N3CC(NC(=O)OC(C)(C)C)CC3CCCO)ccc2c1OCc1ccc(OC)cc1OC. The van der Waals surface area contributed by atoms with Crippen LogP contribution in [0.5, 0.6) is 17.2 Å². The lowest BCUT2D eigenvalue weighted by atomic mass is 9.99. The Balaban J connectivity index is 1.52. The zero-order valence-electron chi connectivity index (χ0n) is 28.3. The van der Waals surface area contributed by atoms with Crippen molar-refractivity contribution in [2.75, 3.05) is 38.9 Å². The smallest absolute Gasteiger partial charge is 0.407 e. The zero-order chi connectivity index (χ0) is 33.7. The average Bonchev–Trinajstić information content (AvgIpc) is 3.81. The molecular formula is C36H47N3O8. The second kappa shape index (κ2) is 14.7. The van der Waals surface area contributed by atoms with E-state index in [1.165, 1.54) is 0 Å². The van der Waals surface area contributed by atoms with Crippen LogP contribution in [0.25, 0.3) is 10.9 Å². The molecule has 3 aromatic rings. The predicted octanol–water partition coefficient (Wildman–Crippen LogP) is 6.13. The molecule has 254 valence electrons. The van der Waals surface area contributed by atoms with Crippen LogP contribution < -0.4 is 24.4 Å². The molecule has 0 bridgehead atoms. The standard InChI is InChI=1S/C36H47N3O8/c1-7-45-34(41)29-19-28(22-10-11-22)32-27(33(29)46-21-23-12-13-26(43-5)18-30(23)44-6)14-15-31(38-32)39-20-24(17-25(39)9-8-16-40)37-35(42)47-36(2,3)4/h12-15,18-19,22,24-25,40H,7-11,16-17,20-21H2,1-6H3,(H,37,42). The molecule has 1 saturated carbocycles. The van der Waals surface area contributed by atoms with E-state index >= 15 is 0 Å². The summed E-state index contributed by atoms with van der Waals surface area (Å²) in [6.45, 7) is 8.32. The number of benzene rings is 2. The van der Waals surface area contributed by atoms with E-state index in [2.05, 4.69) is 10.2 Å². The number of ether oxygens (including phenoxy) is 5. The van der Waals surface area contributed by atoms with E-state index in [-0.39, 0.29) is 37.8 Å². The quantitative estimate of drug-likeness (QED) is 0.209. The summed E-state index contributed by atoms with van der Waals surface area (Å²) in [7, 11) is 3.19. The van der Waals surface area contributed by atoms with Crippen molar-refractivity contribution < 1.29 is 38.4 Å². The number of methoxy groups -OCH3 is 2. The topological polar surface area (TPSA) is 129 Å². The van der Waals surface area contributed by atoms with Crippen molar-refractivity contribution in [2.24, 2.45) is 0 Å². The van der Waals surface area contributed by atoms with Crippen molar-refractivity contribution in [3.05, 3.63) is 53.1 Å². The van der Waals surface area contributed by atoms with Gasteiger partial charge in [0.15, 0.2) is 0 Å². The lowest BCUT2D eigenvalue weighted by Gasteiger charge is -2.26. The predicted molar refractivity (Wildman–Crippen MR) is 179 cm³/mol. The summed E-state index contributed by atoms with van der Waals surface area (Å²) < 4.78 is 28.4. The van der Waals surface area contributed by atoms with Crippen molar-refractivity contribution in [1.82, 2.24) is 10.3 Å². The number of aromatic nitrogens is 1. The van der Waals surface area contributed by atoms with Crippen LogP contribution >= 0.6 is 0 Å². The molecule has 5 rings (SSSR count). The number of anilines is 1.